The first-order valence-electron chi connectivity index (χ1n) is 10.0. The molecule has 0 saturated carbocycles. The number of hydrogen-bond acceptors (Lipinski definition) is 3. The van der Waals surface area contributed by atoms with E-state index in [4.69, 9.17) is 0 Å². The Morgan fingerprint density at radius 3 is 2.62 bits per heavy atom. The van der Waals surface area contributed by atoms with Gasteiger partial charge in [0.1, 0.15) is 5.69 Å². The quantitative estimate of drug-likeness (QED) is 0.346. The molecule has 5 rings (SSSR count). The van der Waals surface area contributed by atoms with Crippen molar-refractivity contribution in [3.63, 3.8) is 0 Å². The van der Waals surface area contributed by atoms with Crippen molar-refractivity contribution in [2.24, 2.45) is 5.10 Å². The Morgan fingerprint density at radius 2 is 1.81 bits per heavy atom. The molecule has 4 aromatic rings. The van der Waals surface area contributed by atoms with Crippen LogP contribution in [0.2, 0.25) is 0 Å². The van der Waals surface area contributed by atoms with Crippen molar-refractivity contribution in [3.05, 3.63) is 88.6 Å². The summed E-state index contributed by atoms with van der Waals surface area (Å²) in [4.78, 5) is 12.4. The van der Waals surface area contributed by atoms with Gasteiger partial charge >= 0.3 is 6.18 Å². The van der Waals surface area contributed by atoms with Gasteiger partial charge in [-0.1, -0.05) is 48.5 Å². The lowest BCUT2D eigenvalue weighted by molar-refractivity contribution is -0.137. The number of benzene rings is 3. The van der Waals surface area contributed by atoms with Crippen LogP contribution in [-0.4, -0.2) is 22.3 Å². The van der Waals surface area contributed by atoms with Crippen LogP contribution in [0.1, 0.15) is 32.7 Å². The van der Waals surface area contributed by atoms with Gasteiger partial charge in [-0.2, -0.15) is 23.4 Å². The van der Waals surface area contributed by atoms with Gasteiger partial charge in [0.2, 0.25) is 0 Å². The fourth-order valence-corrected chi connectivity index (χ4v) is 4.13. The number of alkyl halides is 3. The largest absolute Gasteiger partial charge is 0.417 e. The number of rotatable bonds is 4. The van der Waals surface area contributed by atoms with Gasteiger partial charge < -0.3 is 0 Å². The second-order valence-electron chi connectivity index (χ2n) is 7.56. The van der Waals surface area contributed by atoms with E-state index in [2.05, 4.69) is 32.9 Å². The molecule has 0 fully saturated rings. The minimum atomic E-state index is -4.51. The van der Waals surface area contributed by atoms with Gasteiger partial charge in [0.25, 0.3) is 5.91 Å². The van der Waals surface area contributed by atoms with E-state index in [1.807, 2.05) is 18.2 Å². The number of nitrogens with one attached hydrogen (secondary N) is 2. The Morgan fingerprint density at radius 1 is 1.03 bits per heavy atom. The molecule has 1 aliphatic rings. The highest BCUT2D eigenvalue weighted by atomic mass is 19.4. The summed E-state index contributed by atoms with van der Waals surface area (Å²) >= 11 is 0. The standard InChI is InChI=1S/C24H17F3N4O/c25-24(26,27)19-7-2-1-4-16(19)13-28-31-23(32)21-12-20(29-30-21)17-11-10-15-9-8-14-5-3-6-18(17)22(14)15/h1-7,10-13H,8-9H2,(H,29,30)(H,31,32). The number of aromatic amines is 1. The molecule has 2 N–H and O–H groups in total. The normalized spacial score (nSPS) is 13.2. The molecule has 1 amide bonds. The monoisotopic (exact) mass is 434 g/mol. The van der Waals surface area contributed by atoms with Crippen LogP contribution in [0.4, 0.5) is 13.2 Å². The number of carbonyl (C=O) groups is 1. The molecule has 0 atom stereocenters. The van der Waals surface area contributed by atoms with Gasteiger partial charge in [-0.15, -0.1) is 0 Å². The first-order chi connectivity index (χ1) is 15.4. The fraction of sp³-hybridized carbons (Fsp3) is 0.125. The third kappa shape index (κ3) is 3.53. The summed E-state index contributed by atoms with van der Waals surface area (Å²) < 4.78 is 39.2. The second-order valence-corrected chi connectivity index (χ2v) is 7.56. The molecular weight excluding hydrogens is 417 g/mol. The average Bonchev–Trinajstić information content (AvgIpc) is 3.43. The molecule has 5 nitrogen and oxygen atoms in total. The summed E-state index contributed by atoms with van der Waals surface area (Å²) in [6.45, 7) is 0. The Labute approximate surface area is 181 Å². The fourth-order valence-electron chi connectivity index (χ4n) is 4.13. The van der Waals surface area contributed by atoms with E-state index in [1.54, 1.807) is 6.07 Å². The summed E-state index contributed by atoms with van der Waals surface area (Å²) in [5.41, 5.74) is 5.57. The van der Waals surface area contributed by atoms with E-state index in [1.165, 1.54) is 34.7 Å². The van der Waals surface area contributed by atoms with E-state index in [0.717, 1.165) is 36.1 Å². The van der Waals surface area contributed by atoms with Crippen LogP contribution in [0, 0.1) is 0 Å². The van der Waals surface area contributed by atoms with E-state index in [9.17, 15) is 18.0 Å². The van der Waals surface area contributed by atoms with Crippen molar-refractivity contribution in [1.29, 1.82) is 0 Å². The summed E-state index contributed by atoms with van der Waals surface area (Å²) in [7, 11) is 0. The van der Waals surface area contributed by atoms with Crippen LogP contribution < -0.4 is 5.43 Å². The zero-order valence-electron chi connectivity index (χ0n) is 16.7. The van der Waals surface area contributed by atoms with Crippen LogP contribution in [0.3, 0.4) is 0 Å². The second kappa shape index (κ2) is 7.64. The van der Waals surface area contributed by atoms with Gasteiger partial charge in [-0.25, -0.2) is 5.43 Å². The third-order valence-corrected chi connectivity index (χ3v) is 5.61. The number of nitrogens with zero attached hydrogens (tertiary/aromatic N) is 2. The number of hydrazone groups is 1. The topological polar surface area (TPSA) is 70.1 Å². The zero-order chi connectivity index (χ0) is 22.3. The molecule has 1 aromatic heterocycles. The first kappa shape index (κ1) is 20.0. The minimum Gasteiger partial charge on any atom is -0.272 e. The molecule has 32 heavy (non-hydrogen) atoms. The van der Waals surface area contributed by atoms with Crippen molar-refractivity contribution in [1.82, 2.24) is 15.6 Å². The molecule has 0 bridgehead atoms. The van der Waals surface area contributed by atoms with Crippen LogP contribution in [0.25, 0.3) is 22.0 Å². The molecular formula is C24H17F3N4O. The maximum Gasteiger partial charge on any atom is 0.417 e. The van der Waals surface area contributed by atoms with Crippen molar-refractivity contribution in [2.75, 3.05) is 0 Å². The van der Waals surface area contributed by atoms with Crippen LogP contribution in [-0.2, 0) is 19.0 Å². The third-order valence-electron chi connectivity index (χ3n) is 5.61. The Kier molecular flexibility index (Phi) is 4.77. The molecule has 3 aromatic carbocycles. The SMILES string of the molecule is O=C(NN=Cc1ccccc1C(F)(F)F)c1cc(-c2ccc3c4c(cccc24)CC3)n[nH]1. The zero-order valence-corrected chi connectivity index (χ0v) is 16.7. The lowest BCUT2D eigenvalue weighted by atomic mass is 9.98. The van der Waals surface area contributed by atoms with Crippen molar-refractivity contribution < 1.29 is 18.0 Å². The molecule has 0 aliphatic heterocycles. The van der Waals surface area contributed by atoms with E-state index in [-0.39, 0.29) is 11.3 Å². The molecule has 0 spiro atoms. The Balaban J connectivity index is 1.37. The van der Waals surface area contributed by atoms with Crippen LogP contribution in [0.5, 0.6) is 0 Å². The minimum absolute atomic E-state index is 0.140. The number of hydrogen-bond donors (Lipinski definition) is 2. The number of carbonyl (C=O) groups excluding carboxylic acids is 1. The number of amides is 1. The van der Waals surface area contributed by atoms with Crippen molar-refractivity contribution in [3.8, 4) is 11.3 Å². The first-order valence-corrected chi connectivity index (χ1v) is 10.0. The maximum atomic E-state index is 13.1. The highest BCUT2D eigenvalue weighted by molar-refractivity contribution is 6.02. The summed E-state index contributed by atoms with van der Waals surface area (Å²) in [5.74, 6) is -0.601. The van der Waals surface area contributed by atoms with Gasteiger partial charge in [0.15, 0.2) is 0 Å². The molecule has 1 heterocycles. The number of aromatic nitrogens is 2. The highest BCUT2D eigenvalue weighted by Crippen LogP contribution is 2.36. The molecule has 1 aliphatic carbocycles. The highest BCUT2D eigenvalue weighted by Gasteiger charge is 2.32. The summed E-state index contributed by atoms with van der Waals surface area (Å²) in [5, 5.41) is 13.0. The van der Waals surface area contributed by atoms with Gasteiger partial charge in [0.05, 0.1) is 17.5 Å². The van der Waals surface area contributed by atoms with E-state index >= 15 is 0 Å². The lowest BCUT2D eigenvalue weighted by Crippen LogP contribution is -2.18. The van der Waals surface area contributed by atoms with Crippen molar-refractivity contribution in [2.45, 2.75) is 19.0 Å². The maximum absolute atomic E-state index is 13.1. The predicted octanol–water partition coefficient (Wildman–Crippen LogP) is 5.11. The van der Waals surface area contributed by atoms with Crippen molar-refractivity contribution >= 4 is 22.9 Å². The number of halogens is 3. The summed E-state index contributed by atoms with van der Waals surface area (Å²) in [6.07, 6.45) is -1.51. The smallest absolute Gasteiger partial charge is 0.272 e. The molecule has 0 unspecified atom stereocenters. The molecule has 0 radical (unpaired) electrons. The average molecular weight is 434 g/mol. The predicted molar refractivity (Wildman–Crippen MR) is 115 cm³/mol. The van der Waals surface area contributed by atoms with Gasteiger partial charge in [-0.3, -0.25) is 9.89 Å². The van der Waals surface area contributed by atoms with Crippen LogP contribution >= 0.6 is 0 Å². The van der Waals surface area contributed by atoms with Gasteiger partial charge in [-0.05, 0) is 46.9 Å². The Hall–Kier alpha value is -3.94. The van der Waals surface area contributed by atoms with Gasteiger partial charge in [0, 0.05) is 11.1 Å². The summed E-state index contributed by atoms with van der Waals surface area (Å²) in [6, 6.07) is 16.9. The van der Waals surface area contributed by atoms with E-state index in [0.29, 0.717) is 5.69 Å². The van der Waals surface area contributed by atoms with E-state index < -0.39 is 17.6 Å². The lowest BCUT2D eigenvalue weighted by Gasteiger charge is -2.09. The van der Waals surface area contributed by atoms with Crippen LogP contribution in [0.15, 0.2) is 65.8 Å². The molecule has 0 saturated heterocycles. The Bertz CT molecular complexity index is 1360. The number of aryl methyl sites for hydroxylation is 2. The number of H-pyrrole nitrogens is 1. The molecule has 160 valence electrons. The molecule has 8 heteroatoms.